The molecule has 0 bridgehead atoms. The third-order valence-corrected chi connectivity index (χ3v) is 6.82. The predicted octanol–water partition coefficient (Wildman–Crippen LogP) is 8.77. The fourth-order valence-corrected chi connectivity index (χ4v) is 5.01. The maximum absolute atomic E-state index is 6.31. The standard InChI is InChI=1S/C34H25ClN2/c35-30-23-21-29(22-24-30)33-34(28-17-9-3-10-18-28)37(25-36(33)31-19-11-4-12-20-31)32(26-13-5-1-6-14-26)27-15-7-2-8-16-27/h1-24,32H. The molecule has 2 radical (unpaired) electrons. The summed E-state index contributed by atoms with van der Waals surface area (Å²) in [5, 5.41) is 0.714. The zero-order valence-corrected chi connectivity index (χ0v) is 21.0. The Morgan fingerprint density at radius 1 is 0.486 bits per heavy atom. The Morgan fingerprint density at radius 3 is 1.49 bits per heavy atom. The first-order chi connectivity index (χ1) is 18.3. The number of rotatable bonds is 6. The highest BCUT2D eigenvalue weighted by Gasteiger charge is 2.38. The van der Waals surface area contributed by atoms with Gasteiger partial charge in [0.1, 0.15) is 0 Å². The van der Waals surface area contributed by atoms with Crippen LogP contribution in [0.1, 0.15) is 28.3 Å². The van der Waals surface area contributed by atoms with Gasteiger partial charge in [0.25, 0.3) is 0 Å². The van der Waals surface area contributed by atoms with Crippen LogP contribution in [-0.2, 0) is 0 Å². The van der Waals surface area contributed by atoms with E-state index in [4.69, 9.17) is 11.6 Å². The van der Waals surface area contributed by atoms with E-state index < -0.39 is 0 Å². The molecule has 5 aromatic carbocycles. The van der Waals surface area contributed by atoms with E-state index in [0.29, 0.717) is 5.02 Å². The molecule has 0 aromatic heterocycles. The van der Waals surface area contributed by atoms with Crippen LogP contribution in [-0.4, -0.2) is 4.90 Å². The summed E-state index contributed by atoms with van der Waals surface area (Å²) in [5.74, 6) is 0. The van der Waals surface area contributed by atoms with Gasteiger partial charge in [0.05, 0.1) is 17.4 Å². The molecule has 0 atom stereocenters. The number of anilines is 1. The molecule has 0 saturated carbocycles. The lowest BCUT2D eigenvalue weighted by atomic mass is 9.95. The molecule has 2 nitrogen and oxygen atoms in total. The maximum Gasteiger partial charge on any atom is 0.214 e. The number of halogens is 1. The van der Waals surface area contributed by atoms with Crippen molar-refractivity contribution in [3.05, 3.63) is 180 Å². The molecule has 5 aromatic rings. The molecule has 178 valence electrons. The number of hydrogen-bond acceptors (Lipinski definition) is 2. The van der Waals surface area contributed by atoms with E-state index in [1.807, 2.05) is 18.2 Å². The van der Waals surface area contributed by atoms with Crippen molar-refractivity contribution in [2.24, 2.45) is 0 Å². The quantitative estimate of drug-likeness (QED) is 0.232. The third-order valence-electron chi connectivity index (χ3n) is 6.56. The molecule has 3 heteroatoms. The monoisotopic (exact) mass is 496 g/mol. The highest BCUT2D eigenvalue weighted by Crippen LogP contribution is 2.48. The van der Waals surface area contributed by atoms with Gasteiger partial charge < -0.3 is 9.80 Å². The van der Waals surface area contributed by atoms with E-state index in [2.05, 4.69) is 144 Å². The van der Waals surface area contributed by atoms with Gasteiger partial charge >= 0.3 is 0 Å². The molecule has 37 heavy (non-hydrogen) atoms. The first-order valence-electron chi connectivity index (χ1n) is 12.4. The van der Waals surface area contributed by atoms with Crippen LogP contribution in [0, 0.1) is 6.67 Å². The molecule has 0 saturated heterocycles. The molecule has 0 amide bonds. The summed E-state index contributed by atoms with van der Waals surface area (Å²) in [6.07, 6.45) is 0. The molecule has 0 spiro atoms. The van der Waals surface area contributed by atoms with Crippen molar-refractivity contribution in [1.82, 2.24) is 4.90 Å². The number of para-hydroxylation sites is 1. The van der Waals surface area contributed by atoms with Crippen LogP contribution in [0.15, 0.2) is 146 Å². The van der Waals surface area contributed by atoms with E-state index in [-0.39, 0.29) is 6.04 Å². The Morgan fingerprint density at radius 2 is 0.946 bits per heavy atom. The second-order valence-corrected chi connectivity index (χ2v) is 9.37. The molecule has 1 aliphatic rings. The van der Waals surface area contributed by atoms with Crippen LogP contribution in [0.4, 0.5) is 5.69 Å². The van der Waals surface area contributed by atoms with E-state index in [0.717, 1.165) is 28.2 Å². The molecule has 0 unspecified atom stereocenters. The average Bonchev–Trinajstić information content (AvgIpc) is 3.36. The number of nitrogens with zero attached hydrogens (tertiary/aromatic N) is 2. The zero-order chi connectivity index (χ0) is 25.0. The van der Waals surface area contributed by atoms with Crippen LogP contribution in [0.5, 0.6) is 0 Å². The predicted molar refractivity (Wildman–Crippen MR) is 153 cm³/mol. The van der Waals surface area contributed by atoms with E-state index in [1.54, 1.807) is 0 Å². The van der Waals surface area contributed by atoms with Crippen molar-refractivity contribution in [3.8, 4) is 0 Å². The van der Waals surface area contributed by atoms with Gasteiger partial charge in [-0.1, -0.05) is 133 Å². The summed E-state index contributed by atoms with van der Waals surface area (Å²) in [6.45, 7) is 3.78. The Kier molecular flexibility index (Phi) is 6.49. The van der Waals surface area contributed by atoms with Gasteiger partial charge in [-0.3, -0.25) is 0 Å². The molecule has 0 N–H and O–H groups in total. The summed E-state index contributed by atoms with van der Waals surface area (Å²) >= 11 is 6.31. The van der Waals surface area contributed by atoms with Crippen molar-refractivity contribution < 1.29 is 0 Å². The van der Waals surface area contributed by atoms with Gasteiger partial charge in [0.2, 0.25) is 6.67 Å². The fraction of sp³-hybridized carbons (Fsp3) is 0.0294. The highest BCUT2D eigenvalue weighted by molar-refractivity contribution is 6.30. The van der Waals surface area contributed by atoms with Crippen molar-refractivity contribution in [2.45, 2.75) is 6.04 Å². The second-order valence-electron chi connectivity index (χ2n) is 8.93. The normalized spacial score (nSPS) is 13.5. The summed E-state index contributed by atoms with van der Waals surface area (Å²) < 4.78 is 0. The van der Waals surface area contributed by atoms with Gasteiger partial charge in [0.15, 0.2) is 0 Å². The van der Waals surface area contributed by atoms with Gasteiger partial charge in [-0.05, 0) is 35.4 Å². The van der Waals surface area contributed by atoms with Crippen molar-refractivity contribution in [3.63, 3.8) is 0 Å². The first-order valence-corrected chi connectivity index (χ1v) is 12.7. The van der Waals surface area contributed by atoms with E-state index >= 15 is 0 Å². The molecular weight excluding hydrogens is 472 g/mol. The lowest BCUT2D eigenvalue weighted by Gasteiger charge is -2.32. The second kappa shape index (κ2) is 10.4. The smallest absolute Gasteiger partial charge is 0.214 e. The van der Waals surface area contributed by atoms with E-state index in [9.17, 15) is 0 Å². The Hall–Kier alpha value is -4.27. The number of benzene rings is 5. The summed E-state index contributed by atoms with van der Waals surface area (Å²) in [5.41, 5.74) is 7.77. The molecule has 6 rings (SSSR count). The SMILES string of the molecule is Clc1ccc(C2=C(c3ccccc3)N(C(c3ccccc3)c3ccccc3)[C]N2c2ccccc2)cc1. The lowest BCUT2D eigenvalue weighted by molar-refractivity contribution is 0.414. The van der Waals surface area contributed by atoms with Gasteiger partial charge in [0, 0.05) is 21.8 Å². The Bertz CT molecular complexity index is 1440. The average molecular weight is 497 g/mol. The van der Waals surface area contributed by atoms with Gasteiger partial charge in [-0.25, -0.2) is 0 Å². The summed E-state index contributed by atoms with van der Waals surface area (Å²) in [4.78, 5) is 4.46. The summed E-state index contributed by atoms with van der Waals surface area (Å²) in [6, 6.07) is 50.2. The Labute approximate surface area is 223 Å². The van der Waals surface area contributed by atoms with Crippen molar-refractivity contribution in [2.75, 3.05) is 4.90 Å². The van der Waals surface area contributed by atoms with Crippen LogP contribution in [0.3, 0.4) is 0 Å². The van der Waals surface area contributed by atoms with Crippen LogP contribution in [0.2, 0.25) is 5.02 Å². The van der Waals surface area contributed by atoms with Crippen LogP contribution in [0.25, 0.3) is 11.4 Å². The van der Waals surface area contributed by atoms with Crippen LogP contribution < -0.4 is 4.90 Å². The zero-order valence-electron chi connectivity index (χ0n) is 20.2. The largest absolute Gasteiger partial charge is 0.327 e. The van der Waals surface area contributed by atoms with Crippen molar-refractivity contribution >= 4 is 28.7 Å². The van der Waals surface area contributed by atoms with Crippen LogP contribution >= 0.6 is 11.6 Å². The van der Waals surface area contributed by atoms with E-state index in [1.165, 1.54) is 11.1 Å². The minimum absolute atomic E-state index is 0.0754. The minimum atomic E-state index is -0.0754. The third kappa shape index (κ3) is 4.64. The Balaban J connectivity index is 1.63. The lowest BCUT2D eigenvalue weighted by Crippen LogP contribution is -2.27. The van der Waals surface area contributed by atoms with Gasteiger partial charge in [-0.2, -0.15) is 0 Å². The topological polar surface area (TPSA) is 6.48 Å². The molecular formula is C34H25ClN2. The molecule has 0 aliphatic carbocycles. The summed E-state index contributed by atoms with van der Waals surface area (Å²) in [7, 11) is 0. The molecule has 1 heterocycles. The molecule has 0 fully saturated rings. The van der Waals surface area contributed by atoms with Crippen molar-refractivity contribution in [1.29, 1.82) is 0 Å². The highest BCUT2D eigenvalue weighted by atomic mass is 35.5. The maximum atomic E-state index is 6.31. The minimum Gasteiger partial charge on any atom is -0.327 e. The number of hydrogen-bond donors (Lipinski definition) is 0. The van der Waals surface area contributed by atoms with Gasteiger partial charge in [-0.15, -0.1) is 0 Å². The first kappa shape index (κ1) is 23.1. The molecule has 1 aliphatic heterocycles. The fourth-order valence-electron chi connectivity index (χ4n) is 4.89.